The first-order valence-corrected chi connectivity index (χ1v) is 8.55. The van der Waals surface area contributed by atoms with Gasteiger partial charge < -0.3 is 9.84 Å². The van der Waals surface area contributed by atoms with Crippen LogP contribution in [-0.2, 0) is 13.1 Å². The third-order valence-electron chi connectivity index (χ3n) is 3.47. The first-order valence-electron chi connectivity index (χ1n) is 7.73. The van der Waals surface area contributed by atoms with E-state index in [0.29, 0.717) is 17.3 Å². The zero-order valence-electron chi connectivity index (χ0n) is 13.4. The summed E-state index contributed by atoms with van der Waals surface area (Å²) in [6, 6.07) is 11.5. The number of carbonyl (C=O) groups is 1. The van der Waals surface area contributed by atoms with Crippen molar-refractivity contribution in [2.45, 2.75) is 13.1 Å². The van der Waals surface area contributed by atoms with Gasteiger partial charge in [0.2, 0.25) is 0 Å². The van der Waals surface area contributed by atoms with E-state index in [9.17, 15) is 4.79 Å². The molecule has 4 rings (SSSR count). The van der Waals surface area contributed by atoms with Gasteiger partial charge in [0.05, 0.1) is 18.9 Å². The van der Waals surface area contributed by atoms with Crippen LogP contribution in [0.1, 0.15) is 21.3 Å². The molecule has 0 spiro atoms. The number of nitrogens with zero attached hydrogens (tertiary/aromatic N) is 6. The van der Waals surface area contributed by atoms with Crippen LogP contribution in [0.25, 0.3) is 10.6 Å². The maximum Gasteiger partial charge on any atom is 0.273 e. The first kappa shape index (κ1) is 16.1. The minimum atomic E-state index is -0.328. The van der Waals surface area contributed by atoms with Crippen molar-refractivity contribution in [1.82, 2.24) is 35.7 Å². The number of aromatic nitrogens is 6. The van der Waals surface area contributed by atoms with Gasteiger partial charge in [-0.1, -0.05) is 52.0 Å². The number of benzene rings is 1. The lowest BCUT2D eigenvalue weighted by Crippen LogP contribution is -2.23. The van der Waals surface area contributed by atoms with Crippen molar-refractivity contribution in [2.75, 3.05) is 0 Å². The highest BCUT2D eigenvalue weighted by atomic mass is 32.1. The quantitative estimate of drug-likeness (QED) is 0.552. The lowest BCUT2D eigenvalue weighted by Gasteiger charge is -1.98. The summed E-state index contributed by atoms with van der Waals surface area (Å²) in [6.45, 7) is 0.634. The smallest absolute Gasteiger partial charge is 0.273 e. The summed E-state index contributed by atoms with van der Waals surface area (Å²) < 4.78 is 6.51. The molecule has 0 aliphatic rings. The topological polar surface area (TPSA) is 112 Å². The Bertz CT molecular complexity index is 995. The van der Waals surface area contributed by atoms with Gasteiger partial charge in [-0.15, -0.1) is 15.3 Å². The Morgan fingerprint density at radius 1 is 1.15 bits per heavy atom. The second-order valence-corrected chi connectivity index (χ2v) is 6.39. The third-order valence-corrected chi connectivity index (χ3v) is 4.44. The minimum Gasteiger partial charge on any atom is -0.359 e. The van der Waals surface area contributed by atoms with Crippen LogP contribution in [0, 0.1) is 0 Å². The Balaban J connectivity index is 1.36. The van der Waals surface area contributed by atoms with Gasteiger partial charge in [-0.3, -0.25) is 4.79 Å². The number of carbonyl (C=O) groups excluding carboxylic acids is 1. The van der Waals surface area contributed by atoms with Gasteiger partial charge in [-0.2, -0.15) is 0 Å². The molecule has 1 aromatic carbocycles. The molecule has 0 saturated heterocycles. The minimum absolute atomic E-state index is 0.220. The van der Waals surface area contributed by atoms with Gasteiger partial charge in [-0.05, 0) is 0 Å². The fraction of sp³-hybridized carbons (Fsp3) is 0.125. The molecular weight excluding hydrogens is 354 g/mol. The molecule has 26 heavy (non-hydrogen) atoms. The summed E-state index contributed by atoms with van der Waals surface area (Å²) in [5.74, 6) is 0.300. The van der Waals surface area contributed by atoms with Crippen molar-refractivity contribution < 1.29 is 9.32 Å². The summed E-state index contributed by atoms with van der Waals surface area (Å²) in [5, 5.41) is 23.9. The first-order chi connectivity index (χ1) is 12.8. The molecule has 0 saturated carbocycles. The Kier molecular flexibility index (Phi) is 4.48. The van der Waals surface area contributed by atoms with Crippen molar-refractivity contribution in [3.05, 3.63) is 65.3 Å². The fourth-order valence-corrected chi connectivity index (χ4v) is 3.02. The van der Waals surface area contributed by atoms with Crippen molar-refractivity contribution in [1.29, 1.82) is 0 Å². The van der Waals surface area contributed by atoms with Crippen LogP contribution in [0.4, 0.5) is 0 Å². The molecule has 4 aromatic rings. The summed E-state index contributed by atoms with van der Waals surface area (Å²) in [7, 11) is 0. The molecule has 0 atom stereocenters. The third kappa shape index (κ3) is 3.64. The highest BCUT2D eigenvalue weighted by Gasteiger charge is 2.13. The van der Waals surface area contributed by atoms with Crippen LogP contribution in [0.15, 0.2) is 53.3 Å². The SMILES string of the molecule is O=C(NCc1nnc(-c2ccccc2)s1)c1cn(Cc2ccno2)nn1. The second kappa shape index (κ2) is 7.23. The lowest BCUT2D eigenvalue weighted by atomic mass is 10.2. The van der Waals surface area contributed by atoms with Gasteiger partial charge in [0.15, 0.2) is 11.5 Å². The van der Waals surface area contributed by atoms with Crippen LogP contribution < -0.4 is 5.32 Å². The zero-order valence-corrected chi connectivity index (χ0v) is 14.3. The number of hydrogen-bond donors (Lipinski definition) is 1. The highest BCUT2D eigenvalue weighted by molar-refractivity contribution is 7.14. The van der Waals surface area contributed by atoms with Crippen LogP contribution in [0.5, 0.6) is 0 Å². The number of hydrogen-bond acceptors (Lipinski definition) is 8. The summed E-state index contributed by atoms with van der Waals surface area (Å²) in [5.41, 5.74) is 1.22. The maximum atomic E-state index is 12.2. The molecule has 0 aliphatic heterocycles. The molecular formula is C16H13N7O2S. The fourth-order valence-electron chi connectivity index (χ4n) is 2.23. The van der Waals surface area contributed by atoms with Crippen molar-refractivity contribution in [2.24, 2.45) is 0 Å². The van der Waals surface area contributed by atoms with E-state index in [2.05, 4.69) is 31.0 Å². The van der Waals surface area contributed by atoms with E-state index in [0.717, 1.165) is 10.6 Å². The van der Waals surface area contributed by atoms with Crippen molar-refractivity contribution in [3.63, 3.8) is 0 Å². The molecule has 0 aliphatic carbocycles. The molecule has 0 bridgehead atoms. The van der Waals surface area contributed by atoms with Gasteiger partial charge >= 0.3 is 0 Å². The van der Waals surface area contributed by atoms with Crippen LogP contribution in [0.2, 0.25) is 0 Å². The standard InChI is InChI=1S/C16H13N7O2S/c24-15(13-10-23(22-19-13)9-12-6-7-18-25-12)17-8-14-20-21-16(26-14)11-4-2-1-3-5-11/h1-7,10H,8-9H2,(H,17,24). The average molecular weight is 367 g/mol. The Morgan fingerprint density at radius 2 is 2.04 bits per heavy atom. The molecule has 130 valence electrons. The molecule has 1 N–H and O–H groups in total. The van der Waals surface area contributed by atoms with Crippen LogP contribution >= 0.6 is 11.3 Å². The molecule has 0 unspecified atom stereocenters. The van der Waals surface area contributed by atoms with E-state index >= 15 is 0 Å². The van der Waals surface area contributed by atoms with E-state index in [-0.39, 0.29) is 18.1 Å². The molecule has 10 heteroatoms. The summed E-state index contributed by atoms with van der Waals surface area (Å²) >= 11 is 1.43. The van der Waals surface area contributed by atoms with Gasteiger partial charge in [0, 0.05) is 11.6 Å². The van der Waals surface area contributed by atoms with Gasteiger partial charge in [0.1, 0.15) is 16.6 Å². The number of amides is 1. The predicted octanol–water partition coefficient (Wildman–Crippen LogP) is 1.76. The molecule has 3 aromatic heterocycles. The van der Waals surface area contributed by atoms with E-state index in [4.69, 9.17) is 4.52 Å². The largest absolute Gasteiger partial charge is 0.359 e. The maximum absolute atomic E-state index is 12.2. The monoisotopic (exact) mass is 367 g/mol. The van der Waals surface area contributed by atoms with Gasteiger partial charge in [-0.25, -0.2) is 4.68 Å². The van der Waals surface area contributed by atoms with E-state index < -0.39 is 0 Å². The Hall–Kier alpha value is -3.40. The average Bonchev–Trinajstić information content (AvgIpc) is 3.43. The normalized spacial score (nSPS) is 10.8. The number of rotatable bonds is 6. The predicted molar refractivity (Wildman–Crippen MR) is 92.1 cm³/mol. The van der Waals surface area contributed by atoms with Crippen LogP contribution in [0.3, 0.4) is 0 Å². The Morgan fingerprint density at radius 3 is 2.85 bits per heavy atom. The molecule has 3 heterocycles. The second-order valence-electron chi connectivity index (χ2n) is 5.33. The summed E-state index contributed by atoms with van der Waals surface area (Å²) in [4.78, 5) is 12.2. The van der Waals surface area contributed by atoms with Crippen molar-refractivity contribution in [3.8, 4) is 10.6 Å². The van der Waals surface area contributed by atoms with Gasteiger partial charge in [0.25, 0.3) is 5.91 Å². The molecule has 9 nitrogen and oxygen atoms in total. The van der Waals surface area contributed by atoms with E-state index in [1.54, 1.807) is 18.5 Å². The number of nitrogens with one attached hydrogen (secondary N) is 1. The molecule has 0 fully saturated rings. The lowest BCUT2D eigenvalue weighted by molar-refractivity contribution is 0.0945. The van der Waals surface area contributed by atoms with Crippen LogP contribution in [-0.4, -0.2) is 36.3 Å². The Labute approximate surface area is 151 Å². The van der Waals surface area contributed by atoms with E-state index in [1.165, 1.54) is 16.0 Å². The molecule has 1 amide bonds. The molecule has 0 radical (unpaired) electrons. The highest BCUT2D eigenvalue weighted by Crippen LogP contribution is 2.22. The zero-order chi connectivity index (χ0) is 17.8. The van der Waals surface area contributed by atoms with Crippen molar-refractivity contribution >= 4 is 17.2 Å². The summed E-state index contributed by atoms with van der Waals surface area (Å²) in [6.07, 6.45) is 3.10. The van der Waals surface area contributed by atoms with E-state index in [1.807, 2.05) is 30.3 Å².